The van der Waals surface area contributed by atoms with E-state index >= 15 is 0 Å². The van der Waals surface area contributed by atoms with Gasteiger partial charge in [0, 0.05) is 55.4 Å². The monoisotopic (exact) mass is 361 g/mol. The van der Waals surface area contributed by atoms with E-state index in [-0.39, 0.29) is 5.91 Å². The number of hydrogen-bond acceptors (Lipinski definition) is 4. The van der Waals surface area contributed by atoms with Gasteiger partial charge >= 0.3 is 0 Å². The summed E-state index contributed by atoms with van der Waals surface area (Å²) in [6.45, 7) is 3.54. The molecule has 1 aliphatic heterocycles. The van der Waals surface area contributed by atoms with Crippen molar-refractivity contribution in [2.75, 3.05) is 33.7 Å². The van der Waals surface area contributed by atoms with Gasteiger partial charge in [0.1, 0.15) is 0 Å². The molecule has 1 aromatic heterocycles. The van der Waals surface area contributed by atoms with E-state index < -0.39 is 0 Å². The van der Waals surface area contributed by atoms with Gasteiger partial charge in [-0.25, -0.2) is 0 Å². The maximum Gasteiger partial charge on any atom is 0.275 e. The van der Waals surface area contributed by atoms with Crippen LogP contribution in [0.25, 0.3) is 0 Å². The van der Waals surface area contributed by atoms with Crippen LogP contribution in [0.5, 0.6) is 0 Å². The molecule has 134 valence electrons. The fraction of sp³-hybridized carbons (Fsp3) is 0.444. The van der Waals surface area contributed by atoms with Crippen LogP contribution in [-0.2, 0) is 19.5 Å². The lowest BCUT2D eigenvalue weighted by molar-refractivity contribution is 0.0724. The third-order valence-electron chi connectivity index (χ3n) is 4.38. The Morgan fingerprint density at radius 2 is 2.16 bits per heavy atom. The maximum atomic E-state index is 13.1. The largest absolute Gasteiger partial charge is 0.332 e. The second kappa shape index (κ2) is 7.99. The van der Waals surface area contributed by atoms with Crippen molar-refractivity contribution in [3.8, 4) is 0 Å². The number of hydrogen-bond donors (Lipinski definition) is 2. The van der Waals surface area contributed by atoms with Gasteiger partial charge in [-0.15, -0.1) is 0 Å². The lowest BCUT2D eigenvalue weighted by atomic mass is 10.1. The van der Waals surface area contributed by atoms with E-state index in [1.807, 2.05) is 43.3 Å². The van der Waals surface area contributed by atoms with Gasteiger partial charge in [0.2, 0.25) is 0 Å². The number of aromatic nitrogens is 2. The van der Waals surface area contributed by atoms with E-state index in [2.05, 4.69) is 20.4 Å². The summed E-state index contributed by atoms with van der Waals surface area (Å²) >= 11 is 6.09. The molecular formula is C18H24ClN5O. The second-order valence-corrected chi connectivity index (χ2v) is 7.05. The van der Waals surface area contributed by atoms with Crippen LogP contribution in [0, 0.1) is 0 Å². The van der Waals surface area contributed by atoms with Crippen molar-refractivity contribution in [3.05, 3.63) is 51.8 Å². The van der Waals surface area contributed by atoms with Crippen molar-refractivity contribution in [1.29, 1.82) is 0 Å². The zero-order valence-electron chi connectivity index (χ0n) is 14.7. The second-order valence-electron chi connectivity index (χ2n) is 6.62. The van der Waals surface area contributed by atoms with Gasteiger partial charge in [0.05, 0.1) is 0 Å². The summed E-state index contributed by atoms with van der Waals surface area (Å²) in [6, 6.07) is 7.64. The van der Waals surface area contributed by atoms with Gasteiger partial charge in [-0.3, -0.25) is 9.89 Å². The first-order valence-corrected chi connectivity index (χ1v) is 8.87. The van der Waals surface area contributed by atoms with Crippen LogP contribution in [0.1, 0.15) is 27.3 Å². The molecule has 0 unspecified atom stereocenters. The fourth-order valence-electron chi connectivity index (χ4n) is 2.98. The topological polar surface area (TPSA) is 64.3 Å². The van der Waals surface area contributed by atoms with E-state index in [0.717, 1.165) is 36.3 Å². The molecule has 2 aromatic rings. The summed E-state index contributed by atoms with van der Waals surface area (Å²) in [5.41, 5.74) is 3.61. The molecule has 0 aliphatic carbocycles. The molecule has 0 saturated carbocycles. The first-order valence-electron chi connectivity index (χ1n) is 8.50. The quantitative estimate of drug-likeness (QED) is 0.825. The molecule has 0 spiro atoms. The van der Waals surface area contributed by atoms with Crippen LogP contribution >= 0.6 is 11.6 Å². The lowest BCUT2D eigenvalue weighted by Gasteiger charge is -2.25. The highest BCUT2D eigenvalue weighted by molar-refractivity contribution is 6.30. The van der Waals surface area contributed by atoms with E-state index in [0.29, 0.717) is 30.4 Å². The normalized spacial score (nSPS) is 13.8. The molecule has 1 aromatic carbocycles. The Kier molecular flexibility index (Phi) is 5.73. The van der Waals surface area contributed by atoms with Crippen molar-refractivity contribution in [1.82, 2.24) is 25.3 Å². The molecule has 2 N–H and O–H groups in total. The van der Waals surface area contributed by atoms with Gasteiger partial charge in [0.15, 0.2) is 5.69 Å². The summed E-state index contributed by atoms with van der Waals surface area (Å²) in [4.78, 5) is 17.1. The van der Waals surface area contributed by atoms with E-state index in [1.165, 1.54) is 0 Å². The Morgan fingerprint density at radius 3 is 2.92 bits per heavy atom. The van der Waals surface area contributed by atoms with Gasteiger partial charge in [0.25, 0.3) is 5.91 Å². The molecule has 0 saturated heterocycles. The Balaban J connectivity index is 1.82. The van der Waals surface area contributed by atoms with Crippen molar-refractivity contribution in [2.45, 2.75) is 19.5 Å². The Hall–Kier alpha value is -1.89. The standard InChI is InChI=1S/C18H24ClN5O/c1-23(2)8-9-24(12-13-4-3-5-14(19)10-13)18(25)17-15-11-20-7-6-16(15)21-22-17/h3-5,10,20H,6-9,11-12H2,1-2H3,(H,21,22). The molecule has 0 fully saturated rings. The molecule has 2 heterocycles. The molecule has 25 heavy (non-hydrogen) atoms. The van der Waals surface area contributed by atoms with Crippen molar-refractivity contribution >= 4 is 17.5 Å². The van der Waals surface area contributed by atoms with Crippen LogP contribution < -0.4 is 5.32 Å². The minimum Gasteiger partial charge on any atom is -0.332 e. The molecule has 0 bridgehead atoms. The van der Waals surface area contributed by atoms with Gasteiger partial charge in [-0.1, -0.05) is 23.7 Å². The number of carbonyl (C=O) groups excluding carboxylic acids is 1. The number of aromatic amines is 1. The van der Waals surface area contributed by atoms with Crippen LogP contribution in [0.4, 0.5) is 0 Å². The number of likely N-dealkylation sites (N-methyl/N-ethyl adjacent to an activating group) is 1. The number of halogens is 1. The predicted molar refractivity (Wildman–Crippen MR) is 98.7 cm³/mol. The number of rotatable bonds is 6. The first-order chi connectivity index (χ1) is 12.0. The third kappa shape index (κ3) is 4.39. The minimum atomic E-state index is -0.0389. The van der Waals surface area contributed by atoms with Crippen LogP contribution in [0.2, 0.25) is 5.02 Å². The third-order valence-corrected chi connectivity index (χ3v) is 4.61. The average Bonchev–Trinajstić information content (AvgIpc) is 3.02. The summed E-state index contributed by atoms with van der Waals surface area (Å²) in [7, 11) is 4.00. The highest BCUT2D eigenvalue weighted by Crippen LogP contribution is 2.19. The summed E-state index contributed by atoms with van der Waals surface area (Å²) in [5.74, 6) is -0.0389. The number of carbonyl (C=O) groups is 1. The number of nitrogens with one attached hydrogen (secondary N) is 2. The maximum absolute atomic E-state index is 13.1. The summed E-state index contributed by atoms with van der Waals surface area (Å²) in [6.07, 6.45) is 0.877. The highest BCUT2D eigenvalue weighted by Gasteiger charge is 2.25. The van der Waals surface area contributed by atoms with Gasteiger partial charge in [-0.05, 0) is 31.8 Å². The smallest absolute Gasteiger partial charge is 0.275 e. The summed E-state index contributed by atoms with van der Waals surface area (Å²) < 4.78 is 0. The SMILES string of the molecule is CN(C)CCN(Cc1cccc(Cl)c1)C(=O)c1n[nH]c2c1CNCC2. The molecule has 7 heteroatoms. The predicted octanol–water partition coefficient (Wildman–Crippen LogP) is 1.91. The van der Waals surface area contributed by atoms with E-state index in [1.54, 1.807) is 0 Å². The number of amides is 1. The minimum absolute atomic E-state index is 0.0389. The molecule has 3 rings (SSSR count). The average molecular weight is 362 g/mol. The molecule has 0 radical (unpaired) electrons. The molecular weight excluding hydrogens is 338 g/mol. The van der Waals surface area contributed by atoms with Crippen LogP contribution in [0.3, 0.4) is 0 Å². The highest BCUT2D eigenvalue weighted by atomic mass is 35.5. The van der Waals surface area contributed by atoms with Gasteiger partial charge in [-0.2, -0.15) is 5.10 Å². The molecule has 1 amide bonds. The fourth-order valence-corrected chi connectivity index (χ4v) is 3.19. The molecule has 0 atom stereocenters. The Bertz CT molecular complexity index is 743. The lowest BCUT2D eigenvalue weighted by Crippen LogP contribution is -2.37. The summed E-state index contributed by atoms with van der Waals surface area (Å²) in [5, 5.41) is 11.3. The van der Waals surface area contributed by atoms with Crippen molar-refractivity contribution in [3.63, 3.8) is 0 Å². The number of benzene rings is 1. The Labute approximate surface area is 153 Å². The molecule has 1 aliphatic rings. The van der Waals surface area contributed by atoms with Crippen LogP contribution in [0.15, 0.2) is 24.3 Å². The molecule has 6 nitrogen and oxygen atoms in total. The first kappa shape index (κ1) is 17.9. The van der Waals surface area contributed by atoms with Crippen molar-refractivity contribution < 1.29 is 4.79 Å². The number of H-pyrrole nitrogens is 1. The number of nitrogens with zero attached hydrogens (tertiary/aromatic N) is 3. The van der Waals surface area contributed by atoms with E-state index in [9.17, 15) is 4.79 Å². The zero-order valence-corrected chi connectivity index (χ0v) is 15.4. The number of fused-ring (bicyclic) bond motifs is 1. The zero-order chi connectivity index (χ0) is 17.8. The van der Waals surface area contributed by atoms with Crippen molar-refractivity contribution in [2.24, 2.45) is 0 Å². The van der Waals surface area contributed by atoms with Crippen LogP contribution in [-0.4, -0.2) is 59.6 Å². The Morgan fingerprint density at radius 1 is 1.32 bits per heavy atom. The van der Waals surface area contributed by atoms with E-state index in [4.69, 9.17) is 11.6 Å². The van der Waals surface area contributed by atoms with Gasteiger partial charge < -0.3 is 15.1 Å².